The third-order valence-electron chi connectivity index (χ3n) is 2.87. The zero-order chi connectivity index (χ0) is 9.97. The van der Waals surface area contributed by atoms with Crippen molar-refractivity contribution < 1.29 is 4.42 Å². The van der Waals surface area contributed by atoms with Gasteiger partial charge in [0.2, 0.25) is 0 Å². The molecule has 1 aromatic rings. The largest absolute Gasteiger partial charge is 0.465 e. The first-order valence-corrected chi connectivity index (χ1v) is 5.28. The predicted octanol–water partition coefficient (Wildman–Crippen LogP) is 2.40. The third kappa shape index (κ3) is 3.67. The highest BCUT2D eigenvalue weighted by molar-refractivity contribution is 5.85. The summed E-state index contributed by atoms with van der Waals surface area (Å²) in [6, 6.07) is 4.53. The highest BCUT2D eigenvalue weighted by Crippen LogP contribution is 2.22. The van der Waals surface area contributed by atoms with Gasteiger partial charge in [-0.2, -0.15) is 0 Å². The predicted molar refractivity (Wildman–Crippen MR) is 70.8 cm³/mol. The van der Waals surface area contributed by atoms with Crippen LogP contribution in [0.15, 0.2) is 16.5 Å². The average Bonchev–Trinajstić information content (AvgIpc) is 2.65. The highest BCUT2D eigenvalue weighted by atomic mass is 35.5. The van der Waals surface area contributed by atoms with Gasteiger partial charge < -0.3 is 9.73 Å². The van der Waals surface area contributed by atoms with Crippen molar-refractivity contribution in [2.24, 2.45) is 0 Å². The fraction of sp³-hybridized carbons (Fsp3) is 0.636. The van der Waals surface area contributed by atoms with Crippen molar-refractivity contribution >= 4 is 24.8 Å². The van der Waals surface area contributed by atoms with E-state index in [1.165, 1.54) is 0 Å². The zero-order valence-electron chi connectivity index (χ0n) is 9.73. The van der Waals surface area contributed by atoms with Gasteiger partial charge in [0, 0.05) is 26.2 Å². The van der Waals surface area contributed by atoms with Gasteiger partial charge >= 0.3 is 0 Å². The number of nitrogens with zero attached hydrogens (tertiary/aromatic N) is 1. The van der Waals surface area contributed by atoms with E-state index in [0.717, 1.165) is 37.7 Å². The van der Waals surface area contributed by atoms with Crippen LogP contribution < -0.4 is 5.32 Å². The molecule has 1 aliphatic rings. The molecule has 0 unspecified atom stereocenters. The summed E-state index contributed by atoms with van der Waals surface area (Å²) in [5, 5.41) is 3.35. The van der Waals surface area contributed by atoms with Crippen LogP contribution in [0.25, 0.3) is 0 Å². The van der Waals surface area contributed by atoms with Crippen LogP contribution in [0.4, 0.5) is 0 Å². The topological polar surface area (TPSA) is 28.4 Å². The van der Waals surface area contributed by atoms with Gasteiger partial charge in [-0.05, 0) is 26.0 Å². The number of hydrogen-bond donors (Lipinski definition) is 1. The lowest BCUT2D eigenvalue weighted by Gasteiger charge is -2.31. The van der Waals surface area contributed by atoms with E-state index < -0.39 is 0 Å². The Morgan fingerprint density at radius 1 is 1.25 bits per heavy atom. The van der Waals surface area contributed by atoms with Gasteiger partial charge in [-0.15, -0.1) is 24.8 Å². The summed E-state index contributed by atoms with van der Waals surface area (Å²) in [5.74, 6) is 2.09. The molecule has 16 heavy (non-hydrogen) atoms. The molecule has 0 aliphatic carbocycles. The average molecular weight is 267 g/mol. The SMILES string of the molecule is Cc1ccc([C@@H](C)N2CCNCC2)o1.Cl.Cl. The molecule has 0 aromatic carbocycles. The van der Waals surface area contributed by atoms with E-state index in [9.17, 15) is 0 Å². The molecule has 2 heterocycles. The summed E-state index contributed by atoms with van der Waals surface area (Å²) in [6.45, 7) is 8.60. The molecule has 3 nitrogen and oxygen atoms in total. The lowest BCUT2D eigenvalue weighted by atomic mass is 10.2. The van der Waals surface area contributed by atoms with Crippen molar-refractivity contribution in [2.75, 3.05) is 26.2 Å². The molecule has 1 saturated heterocycles. The maximum Gasteiger partial charge on any atom is 0.121 e. The molecule has 0 radical (unpaired) electrons. The van der Waals surface area contributed by atoms with E-state index in [2.05, 4.69) is 23.2 Å². The summed E-state index contributed by atoms with van der Waals surface area (Å²) < 4.78 is 5.64. The molecule has 0 saturated carbocycles. The fourth-order valence-corrected chi connectivity index (χ4v) is 1.93. The second kappa shape index (κ2) is 7.17. The lowest BCUT2D eigenvalue weighted by Crippen LogP contribution is -2.44. The van der Waals surface area contributed by atoms with Crippen LogP contribution in [-0.4, -0.2) is 31.1 Å². The molecule has 1 atom stereocenters. The summed E-state index contributed by atoms with van der Waals surface area (Å²) in [4.78, 5) is 2.45. The number of rotatable bonds is 2. The van der Waals surface area contributed by atoms with Crippen LogP contribution >= 0.6 is 24.8 Å². The Bertz CT molecular complexity index is 298. The second-order valence-electron chi connectivity index (χ2n) is 3.91. The summed E-state index contributed by atoms with van der Waals surface area (Å²) >= 11 is 0. The first-order chi connectivity index (χ1) is 6.77. The van der Waals surface area contributed by atoms with Gasteiger partial charge in [-0.1, -0.05) is 0 Å². The standard InChI is InChI=1S/C11H18N2O.2ClH/c1-9-3-4-11(14-9)10(2)13-7-5-12-6-8-13;;/h3-4,10,12H,5-8H2,1-2H3;2*1H/t10-;;/m1../s1. The van der Waals surface area contributed by atoms with Crippen molar-refractivity contribution in [1.82, 2.24) is 10.2 Å². The Hall–Kier alpha value is -0.220. The maximum absolute atomic E-state index is 5.64. The van der Waals surface area contributed by atoms with Gasteiger partial charge in [0.05, 0.1) is 6.04 Å². The molecule has 1 aromatic heterocycles. The maximum atomic E-state index is 5.64. The molecular weight excluding hydrogens is 247 g/mol. The molecule has 0 bridgehead atoms. The molecule has 1 N–H and O–H groups in total. The van der Waals surface area contributed by atoms with E-state index in [0.29, 0.717) is 6.04 Å². The van der Waals surface area contributed by atoms with Crippen LogP contribution in [0, 0.1) is 6.92 Å². The number of aryl methyl sites for hydroxylation is 1. The summed E-state index contributed by atoms with van der Waals surface area (Å²) in [7, 11) is 0. The van der Waals surface area contributed by atoms with Gasteiger partial charge in [0.1, 0.15) is 11.5 Å². The molecule has 1 aliphatic heterocycles. The van der Waals surface area contributed by atoms with Crippen LogP contribution in [0.2, 0.25) is 0 Å². The number of piperazine rings is 1. The molecule has 5 heteroatoms. The van der Waals surface area contributed by atoms with Crippen molar-refractivity contribution in [1.29, 1.82) is 0 Å². The number of halogens is 2. The van der Waals surface area contributed by atoms with Crippen LogP contribution in [0.5, 0.6) is 0 Å². The lowest BCUT2D eigenvalue weighted by molar-refractivity contribution is 0.166. The molecule has 2 rings (SSSR count). The summed E-state index contributed by atoms with van der Waals surface area (Å²) in [5.41, 5.74) is 0. The van der Waals surface area contributed by atoms with Crippen molar-refractivity contribution in [3.05, 3.63) is 23.7 Å². The number of nitrogens with one attached hydrogen (secondary N) is 1. The van der Waals surface area contributed by atoms with E-state index in [1.807, 2.05) is 13.0 Å². The van der Waals surface area contributed by atoms with Gasteiger partial charge in [0.25, 0.3) is 0 Å². The minimum atomic E-state index is 0. The van der Waals surface area contributed by atoms with Crippen molar-refractivity contribution in [3.63, 3.8) is 0 Å². The minimum Gasteiger partial charge on any atom is -0.465 e. The van der Waals surface area contributed by atoms with E-state index in [1.54, 1.807) is 0 Å². The first-order valence-electron chi connectivity index (χ1n) is 5.28. The second-order valence-corrected chi connectivity index (χ2v) is 3.91. The Morgan fingerprint density at radius 2 is 1.88 bits per heavy atom. The molecular formula is C11H20Cl2N2O. The Morgan fingerprint density at radius 3 is 2.38 bits per heavy atom. The fourth-order valence-electron chi connectivity index (χ4n) is 1.93. The van der Waals surface area contributed by atoms with Crippen molar-refractivity contribution in [3.8, 4) is 0 Å². The highest BCUT2D eigenvalue weighted by Gasteiger charge is 2.19. The van der Waals surface area contributed by atoms with E-state index >= 15 is 0 Å². The van der Waals surface area contributed by atoms with Gasteiger partial charge in [0.15, 0.2) is 0 Å². The van der Waals surface area contributed by atoms with Gasteiger partial charge in [-0.3, -0.25) is 4.90 Å². The Labute approximate surface area is 109 Å². The molecule has 0 amide bonds. The molecule has 94 valence electrons. The quantitative estimate of drug-likeness (QED) is 0.892. The van der Waals surface area contributed by atoms with Gasteiger partial charge in [-0.25, -0.2) is 0 Å². The molecule has 0 spiro atoms. The number of hydrogen-bond acceptors (Lipinski definition) is 3. The van der Waals surface area contributed by atoms with Crippen LogP contribution in [-0.2, 0) is 0 Å². The van der Waals surface area contributed by atoms with E-state index in [4.69, 9.17) is 4.42 Å². The minimum absolute atomic E-state index is 0. The Kier molecular flexibility index (Phi) is 7.07. The van der Waals surface area contributed by atoms with Crippen LogP contribution in [0.3, 0.4) is 0 Å². The van der Waals surface area contributed by atoms with Crippen LogP contribution in [0.1, 0.15) is 24.5 Å². The number of furan rings is 1. The third-order valence-corrected chi connectivity index (χ3v) is 2.87. The Balaban J connectivity index is 0.00000112. The normalized spacial score (nSPS) is 18.4. The zero-order valence-corrected chi connectivity index (χ0v) is 11.4. The molecule has 1 fully saturated rings. The smallest absolute Gasteiger partial charge is 0.121 e. The first kappa shape index (κ1) is 15.8. The van der Waals surface area contributed by atoms with Crippen molar-refractivity contribution in [2.45, 2.75) is 19.9 Å². The monoisotopic (exact) mass is 266 g/mol. The summed E-state index contributed by atoms with van der Waals surface area (Å²) in [6.07, 6.45) is 0. The van der Waals surface area contributed by atoms with E-state index in [-0.39, 0.29) is 24.8 Å².